The van der Waals surface area contributed by atoms with Crippen LogP contribution in [0.5, 0.6) is 5.75 Å². The molecule has 2 heteroatoms. The van der Waals surface area contributed by atoms with E-state index in [1.54, 1.807) is 0 Å². The Kier molecular flexibility index (Phi) is 5.24. The van der Waals surface area contributed by atoms with Gasteiger partial charge in [0.05, 0.1) is 6.61 Å². The highest BCUT2D eigenvalue weighted by atomic mass is 32.1. The van der Waals surface area contributed by atoms with Gasteiger partial charge < -0.3 is 4.74 Å². The lowest BCUT2D eigenvalue weighted by Crippen LogP contribution is -2.08. The molecule has 1 saturated carbocycles. The lowest BCUT2D eigenvalue weighted by molar-refractivity contribution is 0.265. The molecule has 0 heterocycles. The van der Waals surface area contributed by atoms with E-state index in [2.05, 4.69) is 12.6 Å². The van der Waals surface area contributed by atoms with Gasteiger partial charge in [-0.1, -0.05) is 44.2 Å². The van der Waals surface area contributed by atoms with Crippen molar-refractivity contribution < 1.29 is 4.74 Å². The van der Waals surface area contributed by atoms with Gasteiger partial charge in [0.15, 0.2) is 0 Å². The van der Waals surface area contributed by atoms with Crippen LogP contribution in [0.2, 0.25) is 0 Å². The largest absolute Gasteiger partial charge is 0.492 e. The van der Waals surface area contributed by atoms with Crippen LogP contribution in [0.4, 0.5) is 0 Å². The average Bonchev–Trinajstić information content (AvgIpc) is 2.38. The Morgan fingerprint density at radius 3 is 2.65 bits per heavy atom. The van der Waals surface area contributed by atoms with E-state index >= 15 is 0 Å². The molecule has 1 aliphatic rings. The van der Waals surface area contributed by atoms with Gasteiger partial charge in [0.25, 0.3) is 0 Å². The summed E-state index contributed by atoms with van der Waals surface area (Å²) in [7, 11) is 0. The van der Waals surface area contributed by atoms with Gasteiger partial charge in [-0.05, 0) is 30.9 Å². The molecule has 1 aromatic rings. The number of hydrogen-bond acceptors (Lipinski definition) is 2. The smallest absolute Gasteiger partial charge is 0.132 e. The molecule has 0 aliphatic heterocycles. The SMILES string of the molecule is Sc1ccccc1OCCCC1CCCCC1. The monoisotopic (exact) mass is 250 g/mol. The number of thiol groups is 1. The van der Waals surface area contributed by atoms with E-state index in [4.69, 9.17) is 4.74 Å². The fourth-order valence-corrected chi connectivity index (χ4v) is 2.83. The maximum absolute atomic E-state index is 5.75. The predicted octanol–water partition coefficient (Wildman–Crippen LogP) is 4.71. The van der Waals surface area contributed by atoms with Crippen LogP contribution in [0.3, 0.4) is 0 Å². The normalized spacial score (nSPS) is 17.0. The molecule has 0 spiro atoms. The minimum atomic E-state index is 0.827. The number of hydrogen-bond donors (Lipinski definition) is 1. The van der Waals surface area contributed by atoms with Crippen LogP contribution in [0.25, 0.3) is 0 Å². The highest BCUT2D eigenvalue weighted by molar-refractivity contribution is 7.80. The first-order chi connectivity index (χ1) is 8.36. The Bertz CT molecular complexity index is 331. The quantitative estimate of drug-likeness (QED) is 0.588. The molecule has 0 N–H and O–H groups in total. The van der Waals surface area contributed by atoms with Gasteiger partial charge in [0.1, 0.15) is 5.75 Å². The van der Waals surface area contributed by atoms with Gasteiger partial charge in [-0.3, -0.25) is 0 Å². The van der Waals surface area contributed by atoms with E-state index in [1.807, 2.05) is 24.3 Å². The van der Waals surface area contributed by atoms with Crippen molar-refractivity contribution in [3.63, 3.8) is 0 Å². The van der Waals surface area contributed by atoms with Crippen molar-refractivity contribution in [2.75, 3.05) is 6.61 Å². The summed E-state index contributed by atoms with van der Waals surface area (Å²) in [5.74, 6) is 1.87. The van der Waals surface area contributed by atoms with Gasteiger partial charge in [0, 0.05) is 4.90 Å². The third-order valence-corrected chi connectivity index (χ3v) is 3.97. The van der Waals surface area contributed by atoms with Crippen molar-refractivity contribution in [1.29, 1.82) is 0 Å². The number of para-hydroxylation sites is 1. The van der Waals surface area contributed by atoms with Gasteiger partial charge in [-0.2, -0.15) is 0 Å². The Morgan fingerprint density at radius 1 is 1.12 bits per heavy atom. The zero-order valence-corrected chi connectivity index (χ0v) is 11.3. The summed E-state index contributed by atoms with van der Waals surface area (Å²) < 4.78 is 5.75. The fourth-order valence-electron chi connectivity index (χ4n) is 2.61. The zero-order chi connectivity index (χ0) is 11.9. The minimum Gasteiger partial charge on any atom is -0.492 e. The summed E-state index contributed by atoms with van der Waals surface area (Å²) in [4.78, 5) is 0.935. The van der Waals surface area contributed by atoms with E-state index in [9.17, 15) is 0 Å². The first-order valence-corrected chi connectivity index (χ1v) is 7.22. The molecule has 0 aromatic heterocycles. The summed E-state index contributed by atoms with van der Waals surface area (Å²) in [5.41, 5.74) is 0. The summed E-state index contributed by atoms with van der Waals surface area (Å²) in [6, 6.07) is 7.94. The van der Waals surface area contributed by atoms with Gasteiger partial charge >= 0.3 is 0 Å². The second-order valence-electron chi connectivity index (χ2n) is 4.96. The predicted molar refractivity (Wildman–Crippen MR) is 75.0 cm³/mol. The summed E-state index contributed by atoms with van der Waals surface area (Å²) in [6.45, 7) is 0.827. The van der Waals surface area contributed by atoms with Crippen LogP contribution < -0.4 is 4.74 Å². The number of benzene rings is 1. The number of ether oxygens (including phenoxy) is 1. The molecule has 0 bridgehead atoms. The minimum absolute atomic E-state index is 0.827. The van der Waals surface area contributed by atoms with E-state index in [0.717, 1.165) is 23.2 Å². The van der Waals surface area contributed by atoms with Crippen molar-refractivity contribution in [3.8, 4) is 5.75 Å². The Balaban J connectivity index is 1.64. The van der Waals surface area contributed by atoms with Crippen LogP contribution in [0.1, 0.15) is 44.9 Å². The van der Waals surface area contributed by atoms with E-state index in [0.29, 0.717) is 0 Å². The lowest BCUT2D eigenvalue weighted by atomic mass is 9.86. The second-order valence-corrected chi connectivity index (χ2v) is 5.44. The van der Waals surface area contributed by atoms with Gasteiger partial charge in [-0.15, -0.1) is 12.6 Å². The third-order valence-electron chi connectivity index (χ3n) is 3.60. The maximum atomic E-state index is 5.75. The van der Waals surface area contributed by atoms with E-state index in [-0.39, 0.29) is 0 Å². The Morgan fingerprint density at radius 2 is 1.88 bits per heavy atom. The van der Waals surface area contributed by atoms with Crippen molar-refractivity contribution in [3.05, 3.63) is 24.3 Å². The van der Waals surface area contributed by atoms with Crippen molar-refractivity contribution in [2.45, 2.75) is 49.8 Å². The van der Waals surface area contributed by atoms with Crippen LogP contribution in [-0.2, 0) is 0 Å². The molecule has 1 nitrogen and oxygen atoms in total. The maximum Gasteiger partial charge on any atom is 0.132 e. The van der Waals surface area contributed by atoms with Crippen LogP contribution in [0.15, 0.2) is 29.2 Å². The van der Waals surface area contributed by atoms with Crippen LogP contribution in [0, 0.1) is 5.92 Å². The van der Waals surface area contributed by atoms with Crippen molar-refractivity contribution in [2.24, 2.45) is 5.92 Å². The molecule has 2 rings (SSSR count). The van der Waals surface area contributed by atoms with E-state index in [1.165, 1.54) is 44.9 Å². The van der Waals surface area contributed by atoms with E-state index < -0.39 is 0 Å². The van der Waals surface area contributed by atoms with Gasteiger partial charge in [-0.25, -0.2) is 0 Å². The first kappa shape index (κ1) is 12.8. The average molecular weight is 250 g/mol. The number of rotatable bonds is 5. The summed E-state index contributed by atoms with van der Waals surface area (Å²) in [6.07, 6.45) is 9.68. The molecular formula is C15H22OS. The molecule has 0 amide bonds. The lowest BCUT2D eigenvalue weighted by Gasteiger charge is -2.21. The highest BCUT2D eigenvalue weighted by Gasteiger charge is 2.12. The molecule has 0 saturated heterocycles. The van der Waals surface area contributed by atoms with Crippen molar-refractivity contribution in [1.82, 2.24) is 0 Å². The van der Waals surface area contributed by atoms with Gasteiger partial charge in [0.2, 0.25) is 0 Å². The Labute approximate surface area is 110 Å². The Hall–Kier alpha value is -0.630. The molecule has 94 valence electrons. The first-order valence-electron chi connectivity index (χ1n) is 6.77. The van der Waals surface area contributed by atoms with Crippen molar-refractivity contribution >= 4 is 12.6 Å². The molecule has 0 radical (unpaired) electrons. The molecule has 0 unspecified atom stereocenters. The summed E-state index contributed by atoms with van der Waals surface area (Å²) >= 11 is 4.38. The second kappa shape index (κ2) is 6.95. The molecule has 0 atom stereocenters. The molecule has 1 aliphatic carbocycles. The summed E-state index contributed by atoms with van der Waals surface area (Å²) in [5, 5.41) is 0. The van der Waals surface area contributed by atoms with Crippen LogP contribution in [-0.4, -0.2) is 6.61 Å². The zero-order valence-electron chi connectivity index (χ0n) is 10.4. The van der Waals surface area contributed by atoms with Crippen LogP contribution >= 0.6 is 12.6 Å². The molecule has 17 heavy (non-hydrogen) atoms. The molecule has 1 aromatic carbocycles. The standard InChI is InChI=1S/C15H22OS/c17-15-11-5-4-10-14(15)16-12-6-9-13-7-2-1-3-8-13/h4-5,10-11,13,17H,1-3,6-9,12H2. The highest BCUT2D eigenvalue weighted by Crippen LogP contribution is 2.27. The fraction of sp³-hybridized carbons (Fsp3) is 0.600. The topological polar surface area (TPSA) is 9.23 Å². The molecular weight excluding hydrogens is 228 g/mol. The third kappa shape index (κ3) is 4.27. The molecule has 1 fully saturated rings.